The maximum atomic E-state index is 13.0. The van der Waals surface area contributed by atoms with Crippen LogP contribution in [0.15, 0.2) is 52.9 Å². The number of unbranched alkanes of at least 4 members (excludes halogenated alkanes) is 2. The summed E-state index contributed by atoms with van der Waals surface area (Å²) in [5, 5.41) is 3.26. The van der Waals surface area contributed by atoms with E-state index >= 15 is 0 Å². The van der Waals surface area contributed by atoms with Gasteiger partial charge in [0, 0.05) is 22.9 Å². The highest BCUT2D eigenvalue weighted by atomic mass is 16.5. The standard InChI is InChI=1S/C27H37NO4/c1-7-9-12-15-31-26(29)18(3)16-22-13-10-11-14-23(22)24-17-19(4)28-21(6)25(24)27(30)32-20(5)8-2/h10-11,13-14,16-17,20,24,28H,7-9,12,15H2,1-6H3. The number of allylic oxidation sites excluding steroid dienone is 3. The molecular weight excluding hydrogens is 402 g/mol. The topological polar surface area (TPSA) is 64.6 Å². The zero-order chi connectivity index (χ0) is 23.7. The van der Waals surface area contributed by atoms with Crippen LogP contribution in [0.4, 0.5) is 0 Å². The lowest BCUT2D eigenvalue weighted by atomic mass is 9.84. The number of ether oxygens (including phenoxy) is 2. The molecule has 1 N–H and O–H groups in total. The van der Waals surface area contributed by atoms with E-state index in [0.717, 1.165) is 48.2 Å². The number of nitrogens with one attached hydrogen (secondary N) is 1. The van der Waals surface area contributed by atoms with Gasteiger partial charge in [0.1, 0.15) is 0 Å². The van der Waals surface area contributed by atoms with Gasteiger partial charge in [-0.25, -0.2) is 9.59 Å². The maximum Gasteiger partial charge on any atom is 0.336 e. The quantitative estimate of drug-likeness (QED) is 0.274. The van der Waals surface area contributed by atoms with Crippen LogP contribution in [-0.2, 0) is 19.1 Å². The summed E-state index contributed by atoms with van der Waals surface area (Å²) >= 11 is 0. The highest BCUT2D eigenvalue weighted by Crippen LogP contribution is 2.35. The van der Waals surface area contributed by atoms with Gasteiger partial charge in [-0.15, -0.1) is 0 Å². The Labute approximate surface area is 192 Å². The minimum atomic E-state index is -0.316. The number of carbonyl (C=O) groups excluding carboxylic acids is 2. The number of dihydropyridines is 1. The fourth-order valence-corrected chi connectivity index (χ4v) is 3.67. The van der Waals surface area contributed by atoms with Crippen molar-refractivity contribution in [3.05, 3.63) is 64.0 Å². The van der Waals surface area contributed by atoms with E-state index in [-0.39, 0.29) is 24.0 Å². The Balaban J connectivity index is 2.36. The van der Waals surface area contributed by atoms with E-state index in [1.54, 1.807) is 6.92 Å². The first kappa shape index (κ1) is 25.4. The predicted molar refractivity (Wildman–Crippen MR) is 129 cm³/mol. The largest absolute Gasteiger partial charge is 0.462 e. The first-order valence-corrected chi connectivity index (χ1v) is 11.6. The van der Waals surface area contributed by atoms with E-state index in [4.69, 9.17) is 9.47 Å². The van der Waals surface area contributed by atoms with E-state index in [1.165, 1.54) is 0 Å². The third-order valence-electron chi connectivity index (χ3n) is 5.63. The zero-order valence-electron chi connectivity index (χ0n) is 20.3. The van der Waals surface area contributed by atoms with Crippen molar-refractivity contribution in [2.75, 3.05) is 6.61 Å². The molecule has 2 unspecified atom stereocenters. The SMILES string of the molecule is CCCCCOC(=O)C(C)=Cc1ccccc1C1C=C(C)NC(C)=C1C(=O)OC(C)CC. The molecule has 5 nitrogen and oxygen atoms in total. The van der Waals surface area contributed by atoms with Crippen LogP contribution in [0.5, 0.6) is 0 Å². The smallest absolute Gasteiger partial charge is 0.336 e. The van der Waals surface area contributed by atoms with Crippen LogP contribution < -0.4 is 5.32 Å². The molecule has 174 valence electrons. The van der Waals surface area contributed by atoms with Gasteiger partial charge in [0.25, 0.3) is 0 Å². The van der Waals surface area contributed by atoms with Gasteiger partial charge in [-0.1, -0.05) is 57.0 Å². The lowest BCUT2D eigenvalue weighted by Crippen LogP contribution is -2.27. The first-order chi connectivity index (χ1) is 15.3. The van der Waals surface area contributed by atoms with E-state index in [0.29, 0.717) is 17.8 Å². The summed E-state index contributed by atoms with van der Waals surface area (Å²) in [6.07, 6.45) is 7.47. The van der Waals surface area contributed by atoms with Gasteiger partial charge in [0.15, 0.2) is 0 Å². The van der Waals surface area contributed by atoms with Crippen molar-refractivity contribution in [1.82, 2.24) is 5.32 Å². The molecule has 0 bridgehead atoms. The molecule has 2 atom stereocenters. The Hall–Kier alpha value is -2.82. The van der Waals surface area contributed by atoms with Gasteiger partial charge in [0.2, 0.25) is 0 Å². The molecule has 1 heterocycles. The molecule has 0 amide bonds. The van der Waals surface area contributed by atoms with Crippen LogP contribution in [0.3, 0.4) is 0 Å². The second-order valence-corrected chi connectivity index (χ2v) is 8.41. The van der Waals surface area contributed by atoms with E-state index < -0.39 is 0 Å². The third kappa shape index (κ3) is 6.84. The monoisotopic (exact) mass is 439 g/mol. The molecule has 0 saturated heterocycles. The minimum Gasteiger partial charge on any atom is -0.462 e. The Morgan fingerprint density at radius 2 is 1.88 bits per heavy atom. The lowest BCUT2D eigenvalue weighted by molar-refractivity contribution is -0.144. The van der Waals surface area contributed by atoms with Crippen molar-refractivity contribution in [3.8, 4) is 0 Å². The van der Waals surface area contributed by atoms with Gasteiger partial charge in [0.05, 0.1) is 18.3 Å². The van der Waals surface area contributed by atoms with E-state index in [2.05, 4.69) is 12.2 Å². The van der Waals surface area contributed by atoms with Gasteiger partial charge in [-0.2, -0.15) is 0 Å². The molecule has 32 heavy (non-hydrogen) atoms. The third-order valence-corrected chi connectivity index (χ3v) is 5.63. The number of hydrogen-bond donors (Lipinski definition) is 1. The Bertz CT molecular complexity index is 910. The summed E-state index contributed by atoms with van der Waals surface area (Å²) in [6.45, 7) is 12.1. The zero-order valence-corrected chi connectivity index (χ0v) is 20.3. The second-order valence-electron chi connectivity index (χ2n) is 8.41. The Kier molecular flexibility index (Phi) is 9.76. The molecule has 5 heteroatoms. The molecular formula is C27H37NO4. The molecule has 0 aromatic heterocycles. The van der Waals surface area contributed by atoms with Crippen LogP contribution >= 0.6 is 0 Å². The molecule has 0 saturated carbocycles. The van der Waals surface area contributed by atoms with Crippen molar-refractivity contribution >= 4 is 18.0 Å². The molecule has 1 aliphatic heterocycles. The summed E-state index contributed by atoms with van der Waals surface area (Å²) in [4.78, 5) is 25.5. The van der Waals surface area contributed by atoms with E-state index in [1.807, 2.05) is 64.1 Å². The van der Waals surface area contributed by atoms with E-state index in [9.17, 15) is 9.59 Å². The molecule has 0 aliphatic carbocycles. The van der Waals surface area contributed by atoms with Crippen molar-refractivity contribution < 1.29 is 19.1 Å². The number of rotatable bonds is 10. The van der Waals surface area contributed by atoms with Crippen molar-refractivity contribution in [1.29, 1.82) is 0 Å². The normalized spacial score (nSPS) is 17.4. The number of benzene rings is 1. The summed E-state index contributed by atoms with van der Waals surface area (Å²) < 4.78 is 11.1. The van der Waals surface area contributed by atoms with Gasteiger partial charge in [-0.3, -0.25) is 0 Å². The molecule has 0 spiro atoms. The molecule has 1 aromatic carbocycles. The molecule has 0 fully saturated rings. The number of carbonyl (C=O) groups is 2. The van der Waals surface area contributed by atoms with Gasteiger partial charge in [-0.05, 0) is 57.7 Å². The summed E-state index contributed by atoms with van der Waals surface area (Å²) in [7, 11) is 0. The summed E-state index contributed by atoms with van der Waals surface area (Å²) in [6, 6.07) is 7.83. The van der Waals surface area contributed by atoms with Crippen molar-refractivity contribution in [2.24, 2.45) is 0 Å². The summed E-state index contributed by atoms with van der Waals surface area (Å²) in [5.74, 6) is -0.895. The van der Waals surface area contributed by atoms with Crippen LogP contribution in [0.1, 0.15) is 84.3 Å². The molecule has 0 radical (unpaired) electrons. The number of hydrogen-bond acceptors (Lipinski definition) is 5. The predicted octanol–water partition coefficient (Wildman–Crippen LogP) is 6.03. The maximum absolute atomic E-state index is 13.0. The molecule has 1 aliphatic rings. The highest BCUT2D eigenvalue weighted by molar-refractivity contribution is 5.94. The van der Waals surface area contributed by atoms with Crippen LogP contribution in [0.2, 0.25) is 0 Å². The molecule has 2 rings (SSSR count). The summed E-state index contributed by atoms with van der Waals surface area (Å²) in [5.41, 5.74) is 4.71. The van der Waals surface area contributed by atoms with Crippen LogP contribution in [-0.4, -0.2) is 24.6 Å². The highest BCUT2D eigenvalue weighted by Gasteiger charge is 2.30. The first-order valence-electron chi connectivity index (χ1n) is 11.6. The Morgan fingerprint density at radius 3 is 2.56 bits per heavy atom. The van der Waals surface area contributed by atoms with Crippen molar-refractivity contribution in [2.45, 2.75) is 79.2 Å². The minimum absolute atomic E-state index is 0.157. The molecule has 1 aromatic rings. The number of esters is 2. The fourth-order valence-electron chi connectivity index (χ4n) is 3.67. The Morgan fingerprint density at radius 1 is 1.16 bits per heavy atom. The fraction of sp³-hybridized carbons (Fsp3) is 0.481. The lowest BCUT2D eigenvalue weighted by Gasteiger charge is -2.27. The second kappa shape index (κ2) is 12.3. The van der Waals surface area contributed by atoms with Crippen molar-refractivity contribution in [3.63, 3.8) is 0 Å². The average Bonchev–Trinajstić information content (AvgIpc) is 2.76. The average molecular weight is 440 g/mol. The van der Waals surface area contributed by atoms with Gasteiger partial charge < -0.3 is 14.8 Å². The van der Waals surface area contributed by atoms with Crippen LogP contribution in [0.25, 0.3) is 6.08 Å². The van der Waals surface area contributed by atoms with Gasteiger partial charge >= 0.3 is 11.9 Å². The van der Waals surface area contributed by atoms with Crippen LogP contribution in [0, 0.1) is 0 Å².